The zero-order valence-electron chi connectivity index (χ0n) is 15.0. The van der Waals surface area contributed by atoms with Crippen LogP contribution in [0.2, 0.25) is 0 Å². The molecule has 2 N–H and O–H groups in total. The van der Waals surface area contributed by atoms with Gasteiger partial charge >= 0.3 is 0 Å². The van der Waals surface area contributed by atoms with Gasteiger partial charge < -0.3 is 20.1 Å². The number of nitrogens with one attached hydrogen (secondary N) is 2. The molecule has 3 rings (SSSR count). The fourth-order valence-electron chi connectivity index (χ4n) is 3.77. The van der Waals surface area contributed by atoms with Crippen molar-refractivity contribution >= 4 is 29.9 Å². The lowest BCUT2D eigenvalue weighted by molar-refractivity contribution is -0.168. The van der Waals surface area contributed by atoms with Crippen LogP contribution >= 0.6 is 24.0 Å². The molecule has 0 amide bonds. The predicted molar refractivity (Wildman–Crippen MR) is 110 cm³/mol. The molecule has 7 heteroatoms. The quantitative estimate of drug-likeness (QED) is 0.284. The van der Waals surface area contributed by atoms with Crippen LogP contribution in [0.5, 0.6) is 5.75 Å². The van der Waals surface area contributed by atoms with Crippen LogP contribution in [-0.4, -0.2) is 49.9 Å². The number of ether oxygens (including phenoxy) is 2. The molecule has 140 valence electrons. The van der Waals surface area contributed by atoms with Gasteiger partial charge in [-0.3, -0.25) is 9.98 Å². The number of hydrogen-bond acceptors (Lipinski definition) is 4. The van der Waals surface area contributed by atoms with Gasteiger partial charge in [0.15, 0.2) is 5.96 Å². The predicted octanol–water partition coefficient (Wildman–Crippen LogP) is 2.59. The number of nitrogens with zero attached hydrogens (tertiary/aromatic N) is 2. The number of aromatic nitrogens is 1. The largest absolute Gasteiger partial charge is 0.490 e. The lowest BCUT2D eigenvalue weighted by Gasteiger charge is -2.61. The highest BCUT2D eigenvalue weighted by molar-refractivity contribution is 14.0. The minimum absolute atomic E-state index is 0. The summed E-state index contributed by atoms with van der Waals surface area (Å²) in [6.45, 7) is 4.15. The number of hydrogen-bond donors (Lipinski definition) is 2. The Morgan fingerprint density at radius 2 is 2.28 bits per heavy atom. The number of halogens is 1. The SMILES string of the molecule is CCOC1CC(NC(=NC)NCCOc2cccnc2)C12CCC2.I. The summed E-state index contributed by atoms with van der Waals surface area (Å²) in [5, 5.41) is 6.90. The second-order valence-corrected chi connectivity index (χ2v) is 6.50. The van der Waals surface area contributed by atoms with Crippen LogP contribution in [0.3, 0.4) is 0 Å². The standard InChI is InChI=1S/C18H28N4O2.HI/c1-3-23-16-12-15(18(16)7-5-8-18)22-17(19-2)21-10-11-24-14-6-4-9-20-13-14;/h4,6,9,13,15-16H,3,5,7-8,10-12H2,1-2H3,(H2,19,21,22);1H. The number of guanidine groups is 1. The summed E-state index contributed by atoms with van der Waals surface area (Å²) in [5.74, 6) is 1.63. The molecule has 1 spiro atoms. The topological polar surface area (TPSA) is 67.8 Å². The summed E-state index contributed by atoms with van der Waals surface area (Å²) in [5.41, 5.74) is 0.333. The molecule has 2 fully saturated rings. The Bertz CT molecular complexity index is 551. The first-order chi connectivity index (χ1) is 11.8. The highest BCUT2D eigenvalue weighted by atomic mass is 127. The molecule has 0 bridgehead atoms. The van der Waals surface area contributed by atoms with Crippen molar-refractivity contribution in [1.82, 2.24) is 15.6 Å². The maximum absolute atomic E-state index is 5.90. The Morgan fingerprint density at radius 3 is 2.88 bits per heavy atom. The first-order valence-electron chi connectivity index (χ1n) is 8.90. The molecule has 2 unspecified atom stereocenters. The molecular formula is C18H29IN4O2. The van der Waals surface area contributed by atoms with Gasteiger partial charge in [0.25, 0.3) is 0 Å². The highest BCUT2D eigenvalue weighted by Crippen LogP contribution is 2.57. The van der Waals surface area contributed by atoms with Crippen molar-refractivity contribution in [1.29, 1.82) is 0 Å². The molecule has 2 atom stereocenters. The van der Waals surface area contributed by atoms with Gasteiger partial charge in [0.2, 0.25) is 0 Å². The van der Waals surface area contributed by atoms with Crippen LogP contribution in [0.15, 0.2) is 29.5 Å². The molecule has 25 heavy (non-hydrogen) atoms. The molecule has 0 aromatic carbocycles. The maximum atomic E-state index is 5.90. The van der Waals surface area contributed by atoms with E-state index in [-0.39, 0.29) is 24.0 Å². The van der Waals surface area contributed by atoms with Crippen molar-refractivity contribution in [3.05, 3.63) is 24.5 Å². The van der Waals surface area contributed by atoms with Gasteiger partial charge in [0.05, 0.1) is 18.8 Å². The van der Waals surface area contributed by atoms with E-state index >= 15 is 0 Å². The van der Waals surface area contributed by atoms with Crippen LogP contribution in [-0.2, 0) is 4.74 Å². The van der Waals surface area contributed by atoms with Crippen molar-refractivity contribution in [2.75, 3.05) is 26.8 Å². The second-order valence-electron chi connectivity index (χ2n) is 6.50. The van der Waals surface area contributed by atoms with Gasteiger partial charge in [0.1, 0.15) is 12.4 Å². The van der Waals surface area contributed by atoms with E-state index in [4.69, 9.17) is 9.47 Å². The van der Waals surface area contributed by atoms with E-state index in [0.29, 0.717) is 30.7 Å². The van der Waals surface area contributed by atoms with Gasteiger partial charge in [-0.05, 0) is 38.3 Å². The number of pyridine rings is 1. The third kappa shape index (κ3) is 4.55. The van der Waals surface area contributed by atoms with Crippen molar-refractivity contribution < 1.29 is 9.47 Å². The van der Waals surface area contributed by atoms with Crippen LogP contribution in [0.1, 0.15) is 32.6 Å². The molecule has 0 saturated heterocycles. The third-order valence-corrected chi connectivity index (χ3v) is 5.27. The van der Waals surface area contributed by atoms with Crippen molar-refractivity contribution in [3.8, 4) is 5.75 Å². The van der Waals surface area contributed by atoms with E-state index in [1.807, 2.05) is 19.2 Å². The molecule has 1 heterocycles. The average Bonchev–Trinajstić information content (AvgIpc) is 2.55. The van der Waals surface area contributed by atoms with Crippen molar-refractivity contribution in [2.24, 2.45) is 10.4 Å². The fourth-order valence-corrected chi connectivity index (χ4v) is 3.77. The molecule has 2 aliphatic rings. The summed E-state index contributed by atoms with van der Waals surface area (Å²) >= 11 is 0. The third-order valence-electron chi connectivity index (χ3n) is 5.27. The van der Waals surface area contributed by atoms with Gasteiger partial charge in [-0.1, -0.05) is 6.42 Å². The molecule has 1 aromatic rings. The van der Waals surface area contributed by atoms with E-state index in [2.05, 4.69) is 27.5 Å². The van der Waals surface area contributed by atoms with Crippen LogP contribution < -0.4 is 15.4 Å². The minimum Gasteiger partial charge on any atom is -0.490 e. The summed E-state index contributed by atoms with van der Waals surface area (Å²) in [7, 11) is 1.81. The van der Waals surface area contributed by atoms with Gasteiger partial charge in [0, 0.05) is 31.3 Å². The Morgan fingerprint density at radius 1 is 1.44 bits per heavy atom. The number of aliphatic imine (C=N–C) groups is 1. The summed E-state index contributed by atoms with van der Waals surface area (Å²) < 4.78 is 11.5. The van der Waals surface area contributed by atoms with Gasteiger partial charge in [-0.2, -0.15) is 0 Å². The summed E-state index contributed by atoms with van der Waals surface area (Å²) in [6.07, 6.45) is 8.78. The normalized spacial score (nSPS) is 23.8. The first kappa shape index (κ1) is 20.2. The molecule has 2 aliphatic carbocycles. The van der Waals surface area contributed by atoms with Gasteiger partial charge in [-0.15, -0.1) is 24.0 Å². The smallest absolute Gasteiger partial charge is 0.191 e. The minimum atomic E-state index is 0. The zero-order chi connectivity index (χ0) is 16.8. The lowest BCUT2D eigenvalue weighted by atomic mass is 9.51. The molecular weight excluding hydrogens is 431 g/mol. The second kappa shape index (κ2) is 9.56. The maximum Gasteiger partial charge on any atom is 0.191 e. The number of rotatable bonds is 7. The molecule has 2 saturated carbocycles. The van der Waals surface area contributed by atoms with Crippen LogP contribution in [0.4, 0.5) is 0 Å². The van der Waals surface area contributed by atoms with Crippen LogP contribution in [0, 0.1) is 5.41 Å². The van der Waals surface area contributed by atoms with E-state index in [1.54, 1.807) is 12.4 Å². The zero-order valence-corrected chi connectivity index (χ0v) is 17.4. The average molecular weight is 460 g/mol. The van der Waals surface area contributed by atoms with Crippen LogP contribution in [0.25, 0.3) is 0 Å². The molecule has 1 aromatic heterocycles. The Labute approximate surface area is 167 Å². The Hall–Kier alpha value is -1.09. The lowest BCUT2D eigenvalue weighted by Crippen LogP contribution is -2.68. The fraction of sp³-hybridized carbons (Fsp3) is 0.667. The first-order valence-corrected chi connectivity index (χ1v) is 8.90. The molecule has 0 radical (unpaired) electrons. The monoisotopic (exact) mass is 460 g/mol. The Balaban J connectivity index is 0.00000225. The van der Waals surface area contributed by atoms with E-state index in [1.165, 1.54) is 19.3 Å². The molecule has 6 nitrogen and oxygen atoms in total. The van der Waals surface area contributed by atoms with E-state index in [9.17, 15) is 0 Å². The van der Waals surface area contributed by atoms with E-state index < -0.39 is 0 Å². The highest BCUT2D eigenvalue weighted by Gasteiger charge is 2.59. The van der Waals surface area contributed by atoms with Crippen molar-refractivity contribution in [3.63, 3.8) is 0 Å². The van der Waals surface area contributed by atoms with E-state index in [0.717, 1.165) is 24.7 Å². The summed E-state index contributed by atoms with van der Waals surface area (Å²) in [6, 6.07) is 4.24. The summed E-state index contributed by atoms with van der Waals surface area (Å²) in [4.78, 5) is 8.37. The van der Waals surface area contributed by atoms with Gasteiger partial charge in [-0.25, -0.2) is 0 Å². The molecule has 0 aliphatic heterocycles. The Kier molecular flexibility index (Phi) is 7.74. The van der Waals surface area contributed by atoms with Crippen molar-refractivity contribution in [2.45, 2.75) is 44.8 Å².